The molecule has 1 aliphatic heterocycles. The summed E-state index contributed by atoms with van der Waals surface area (Å²) in [5.41, 5.74) is 5.50. The topological polar surface area (TPSA) is 64.4 Å². The Morgan fingerprint density at radius 1 is 1.53 bits per heavy atom. The highest BCUT2D eigenvalue weighted by Gasteiger charge is 2.22. The molecule has 0 bridgehead atoms. The first-order valence-electron chi connectivity index (χ1n) is 4.61. The zero-order valence-electron chi connectivity index (χ0n) is 8.00. The van der Waals surface area contributed by atoms with Crippen molar-refractivity contribution in [3.05, 3.63) is 29.6 Å². The summed E-state index contributed by atoms with van der Waals surface area (Å²) in [6.07, 6.45) is 0. The number of para-hydroxylation sites is 1. The van der Waals surface area contributed by atoms with Gasteiger partial charge in [-0.25, -0.2) is 4.39 Å². The number of nitrogens with one attached hydrogen (secondary N) is 1. The Morgan fingerprint density at radius 3 is 2.87 bits per heavy atom. The van der Waals surface area contributed by atoms with E-state index in [1.54, 1.807) is 0 Å². The molecule has 1 saturated heterocycles. The summed E-state index contributed by atoms with van der Waals surface area (Å²) in [6, 6.07) is 4.18. The van der Waals surface area contributed by atoms with E-state index >= 15 is 0 Å². The summed E-state index contributed by atoms with van der Waals surface area (Å²) < 4.78 is 17.9. The van der Waals surface area contributed by atoms with Crippen molar-refractivity contribution in [3.8, 4) is 0 Å². The van der Waals surface area contributed by atoms with Gasteiger partial charge < -0.3 is 15.8 Å². The fraction of sp³-hybridized carbons (Fsp3) is 0.300. The Balaban J connectivity index is 2.13. The van der Waals surface area contributed by atoms with Crippen molar-refractivity contribution in [3.63, 3.8) is 0 Å². The summed E-state index contributed by atoms with van der Waals surface area (Å²) in [5.74, 6) is -0.937. The van der Waals surface area contributed by atoms with Gasteiger partial charge in [0.2, 0.25) is 0 Å². The van der Waals surface area contributed by atoms with Crippen LogP contribution in [0.4, 0.5) is 10.1 Å². The second kappa shape index (κ2) is 3.86. The van der Waals surface area contributed by atoms with Gasteiger partial charge in [0.25, 0.3) is 5.91 Å². The van der Waals surface area contributed by atoms with E-state index < -0.39 is 5.82 Å². The lowest BCUT2D eigenvalue weighted by Gasteiger charge is -2.26. The molecule has 1 aliphatic rings. The van der Waals surface area contributed by atoms with Gasteiger partial charge in [-0.15, -0.1) is 0 Å². The molecule has 0 radical (unpaired) electrons. The van der Waals surface area contributed by atoms with Crippen LogP contribution in [0.25, 0.3) is 0 Å². The molecule has 1 fully saturated rings. The molecule has 1 aromatic rings. The van der Waals surface area contributed by atoms with E-state index in [1.807, 2.05) is 0 Å². The largest absolute Gasteiger partial charge is 0.396 e. The number of carbonyl (C=O) groups excluding carboxylic acids is 1. The first kappa shape index (κ1) is 9.92. The van der Waals surface area contributed by atoms with E-state index in [9.17, 15) is 9.18 Å². The van der Waals surface area contributed by atoms with Crippen LogP contribution in [0.5, 0.6) is 0 Å². The number of nitrogens with two attached hydrogens (primary N) is 1. The summed E-state index contributed by atoms with van der Waals surface area (Å²) in [5, 5.41) is 2.69. The van der Waals surface area contributed by atoms with Crippen LogP contribution in [0.1, 0.15) is 10.4 Å². The first-order valence-corrected chi connectivity index (χ1v) is 4.61. The number of amides is 1. The molecule has 0 aromatic heterocycles. The predicted octanol–water partition coefficient (Wildman–Crippen LogP) is 0.536. The molecule has 3 N–H and O–H groups in total. The van der Waals surface area contributed by atoms with E-state index in [2.05, 4.69) is 5.32 Å². The standard InChI is InChI=1S/C10H11FN2O2/c11-8-3-1-2-7(9(8)12)10(14)13-6-4-15-5-6/h1-3,6H,4-5,12H2,(H,13,14). The Kier molecular flexibility index (Phi) is 2.55. The molecule has 0 saturated carbocycles. The number of ether oxygens (including phenoxy) is 1. The van der Waals surface area contributed by atoms with Gasteiger partial charge in [-0.05, 0) is 12.1 Å². The molecule has 2 rings (SSSR count). The first-order chi connectivity index (χ1) is 7.18. The van der Waals surface area contributed by atoms with Gasteiger partial charge in [-0.3, -0.25) is 4.79 Å². The van der Waals surface area contributed by atoms with Crippen LogP contribution in [0.3, 0.4) is 0 Å². The van der Waals surface area contributed by atoms with Crippen LogP contribution in [0, 0.1) is 5.82 Å². The van der Waals surface area contributed by atoms with Gasteiger partial charge in [0.05, 0.1) is 30.5 Å². The fourth-order valence-electron chi connectivity index (χ4n) is 1.32. The minimum atomic E-state index is -0.576. The Hall–Kier alpha value is -1.62. The molecule has 0 unspecified atom stereocenters. The van der Waals surface area contributed by atoms with E-state index in [0.29, 0.717) is 13.2 Å². The maximum absolute atomic E-state index is 13.0. The normalized spacial score (nSPS) is 15.8. The lowest BCUT2D eigenvalue weighted by Crippen LogP contribution is -2.48. The second-order valence-electron chi connectivity index (χ2n) is 3.41. The van der Waals surface area contributed by atoms with Crippen molar-refractivity contribution < 1.29 is 13.9 Å². The molecule has 0 spiro atoms. The minimum absolute atomic E-state index is 0.0140. The fourth-order valence-corrected chi connectivity index (χ4v) is 1.32. The van der Waals surface area contributed by atoms with Gasteiger partial charge in [0, 0.05) is 0 Å². The van der Waals surface area contributed by atoms with Crippen molar-refractivity contribution >= 4 is 11.6 Å². The molecular formula is C10H11FN2O2. The van der Waals surface area contributed by atoms with Gasteiger partial charge >= 0.3 is 0 Å². The molecule has 5 heteroatoms. The molecule has 1 aromatic carbocycles. The highest BCUT2D eigenvalue weighted by molar-refractivity contribution is 5.99. The van der Waals surface area contributed by atoms with Crippen LogP contribution < -0.4 is 11.1 Å². The van der Waals surface area contributed by atoms with Crippen LogP contribution in [0.15, 0.2) is 18.2 Å². The summed E-state index contributed by atoms with van der Waals surface area (Å²) in [4.78, 5) is 11.6. The molecule has 1 heterocycles. The van der Waals surface area contributed by atoms with Crippen LogP contribution >= 0.6 is 0 Å². The summed E-state index contributed by atoms with van der Waals surface area (Å²) >= 11 is 0. The highest BCUT2D eigenvalue weighted by atomic mass is 19.1. The van der Waals surface area contributed by atoms with E-state index in [-0.39, 0.29) is 23.2 Å². The quantitative estimate of drug-likeness (QED) is 0.700. The average molecular weight is 210 g/mol. The Bertz CT molecular complexity index is 391. The van der Waals surface area contributed by atoms with E-state index in [1.165, 1.54) is 18.2 Å². The van der Waals surface area contributed by atoms with Crippen molar-refractivity contribution in [2.24, 2.45) is 0 Å². The smallest absolute Gasteiger partial charge is 0.253 e. The van der Waals surface area contributed by atoms with Gasteiger partial charge in [-0.2, -0.15) is 0 Å². The number of hydrogen-bond acceptors (Lipinski definition) is 3. The number of nitrogen functional groups attached to an aromatic ring is 1. The lowest BCUT2D eigenvalue weighted by atomic mass is 10.1. The molecule has 0 aliphatic carbocycles. The molecule has 15 heavy (non-hydrogen) atoms. The van der Waals surface area contributed by atoms with Crippen molar-refractivity contribution in [2.45, 2.75) is 6.04 Å². The molecule has 80 valence electrons. The maximum atomic E-state index is 13.0. The average Bonchev–Trinajstić information content (AvgIpc) is 2.15. The number of halogens is 1. The third kappa shape index (κ3) is 1.92. The second-order valence-corrected chi connectivity index (χ2v) is 3.41. The van der Waals surface area contributed by atoms with Crippen LogP contribution in [-0.4, -0.2) is 25.2 Å². The minimum Gasteiger partial charge on any atom is -0.396 e. The van der Waals surface area contributed by atoms with E-state index in [0.717, 1.165) is 0 Å². The molecule has 1 amide bonds. The van der Waals surface area contributed by atoms with Crippen LogP contribution in [0.2, 0.25) is 0 Å². The van der Waals surface area contributed by atoms with Crippen molar-refractivity contribution in [1.29, 1.82) is 0 Å². The van der Waals surface area contributed by atoms with Crippen molar-refractivity contribution in [2.75, 3.05) is 18.9 Å². The number of anilines is 1. The lowest BCUT2D eigenvalue weighted by molar-refractivity contribution is -0.00345. The SMILES string of the molecule is Nc1c(F)cccc1C(=O)NC1COC1. The molecule has 0 atom stereocenters. The van der Waals surface area contributed by atoms with Crippen molar-refractivity contribution in [1.82, 2.24) is 5.32 Å². The maximum Gasteiger partial charge on any atom is 0.253 e. The predicted molar refractivity (Wildman–Crippen MR) is 52.9 cm³/mol. The van der Waals surface area contributed by atoms with Gasteiger partial charge in [-0.1, -0.05) is 6.07 Å². The number of benzene rings is 1. The van der Waals surface area contributed by atoms with E-state index in [4.69, 9.17) is 10.5 Å². The number of hydrogen-bond donors (Lipinski definition) is 2. The van der Waals surface area contributed by atoms with Gasteiger partial charge in [0.15, 0.2) is 0 Å². The van der Waals surface area contributed by atoms with Crippen LogP contribution in [-0.2, 0) is 4.74 Å². The monoisotopic (exact) mass is 210 g/mol. The molecule has 4 nitrogen and oxygen atoms in total. The Labute approximate surface area is 86.2 Å². The summed E-state index contributed by atoms with van der Waals surface area (Å²) in [7, 11) is 0. The highest BCUT2D eigenvalue weighted by Crippen LogP contribution is 2.16. The van der Waals surface area contributed by atoms with Gasteiger partial charge in [0.1, 0.15) is 5.82 Å². The Morgan fingerprint density at radius 2 is 2.27 bits per heavy atom. The third-order valence-corrected chi connectivity index (χ3v) is 2.27. The number of carbonyl (C=O) groups is 1. The zero-order chi connectivity index (χ0) is 10.8. The third-order valence-electron chi connectivity index (χ3n) is 2.27. The number of rotatable bonds is 2. The molecular weight excluding hydrogens is 199 g/mol. The summed E-state index contributed by atoms with van der Waals surface area (Å²) in [6.45, 7) is 1.00. The zero-order valence-corrected chi connectivity index (χ0v) is 8.00.